The Morgan fingerprint density at radius 1 is 0.857 bits per heavy atom. The van der Waals surface area contributed by atoms with Crippen LogP contribution in [0.1, 0.15) is 97.8 Å². The molecule has 2 rings (SSSR count). The lowest BCUT2D eigenvalue weighted by molar-refractivity contribution is 0.201. The zero-order chi connectivity index (χ0) is 15.1. The van der Waals surface area contributed by atoms with Crippen LogP contribution in [-0.2, 0) is 0 Å². The summed E-state index contributed by atoms with van der Waals surface area (Å²) in [6, 6.07) is 0. The maximum Gasteiger partial charge on any atom is 0.0104 e. The molecule has 2 atom stereocenters. The molecule has 0 N–H and O–H groups in total. The first-order valence-corrected chi connectivity index (χ1v) is 10.8. The summed E-state index contributed by atoms with van der Waals surface area (Å²) >= 11 is 2.32. The van der Waals surface area contributed by atoms with Crippen LogP contribution in [0, 0.1) is 17.3 Å². The molecule has 1 heteroatoms. The van der Waals surface area contributed by atoms with E-state index >= 15 is 0 Å². The van der Waals surface area contributed by atoms with Crippen LogP contribution < -0.4 is 0 Å². The van der Waals surface area contributed by atoms with E-state index in [-0.39, 0.29) is 0 Å². The SMILES string of the molecule is CC(C)C1CCSC(C2(C)CCCCCCCCCC2)C1. The van der Waals surface area contributed by atoms with Crippen LogP contribution in [0.15, 0.2) is 0 Å². The monoisotopic (exact) mass is 310 g/mol. The molecule has 0 amide bonds. The minimum Gasteiger partial charge on any atom is -0.158 e. The molecule has 0 aromatic rings. The van der Waals surface area contributed by atoms with Crippen molar-refractivity contribution in [2.24, 2.45) is 17.3 Å². The first-order valence-electron chi connectivity index (χ1n) is 9.73. The van der Waals surface area contributed by atoms with E-state index in [4.69, 9.17) is 0 Å². The molecule has 0 radical (unpaired) electrons. The molecule has 0 bridgehead atoms. The third-order valence-electron chi connectivity index (χ3n) is 6.29. The fraction of sp³-hybridized carbons (Fsp3) is 1.00. The predicted molar refractivity (Wildman–Crippen MR) is 98.1 cm³/mol. The molecule has 1 saturated heterocycles. The molecule has 1 aliphatic heterocycles. The third kappa shape index (κ3) is 5.48. The van der Waals surface area contributed by atoms with Crippen molar-refractivity contribution in [1.29, 1.82) is 0 Å². The second-order valence-electron chi connectivity index (χ2n) is 8.37. The van der Waals surface area contributed by atoms with Crippen LogP contribution in [-0.4, -0.2) is 11.0 Å². The Balaban J connectivity index is 1.97. The fourth-order valence-corrected chi connectivity index (χ4v) is 6.22. The average molecular weight is 311 g/mol. The molecule has 1 aliphatic carbocycles. The van der Waals surface area contributed by atoms with Crippen molar-refractivity contribution in [2.45, 2.75) is 103 Å². The summed E-state index contributed by atoms with van der Waals surface area (Å²) in [5.41, 5.74) is 0.628. The molecule has 0 aromatic heterocycles. The summed E-state index contributed by atoms with van der Waals surface area (Å²) in [5, 5.41) is 0.944. The van der Waals surface area contributed by atoms with Gasteiger partial charge in [-0.2, -0.15) is 11.8 Å². The molecule has 2 unspecified atom stereocenters. The van der Waals surface area contributed by atoms with Crippen LogP contribution in [0.2, 0.25) is 0 Å². The van der Waals surface area contributed by atoms with Gasteiger partial charge in [-0.05, 0) is 48.7 Å². The van der Waals surface area contributed by atoms with Gasteiger partial charge in [-0.15, -0.1) is 0 Å². The Kier molecular flexibility index (Phi) is 7.46. The summed E-state index contributed by atoms with van der Waals surface area (Å²) in [7, 11) is 0. The largest absolute Gasteiger partial charge is 0.158 e. The first-order chi connectivity index (χ1) is 10.1. The van der Waals surface area contributed by atoms with Gasteiger partial charge in [-0.25, -0.2) is 0 Å². The second-order valence-corrected chi connectivity index (χ2v) is 9.68. The Bertz CT molecular complexity index is 272. The molecular formula is C20H38S. The van der Waals surface area contributed by atoms with Crippen molar-refractivity contribution in [1.82, 2.24) is 0 Å². The van der Waals surface area contributed by atoms with Crippen LogP contribution in [0.5, 0.6) is 0 Å². The quantitative estimate of drug-likeness (QED) is 0.525. The van der Waals surface area contributed by atoms with Crippen molar-refractivity contribution in [3.63, 3.8) is 0 Å². The van der Waals surface area contributed by atoms with Crippen molar-refractivity contribution in [3.8, 4) is 0 Å². The summed E-state index contributed by atoms with van der Waals surface area (Å²) in [5.74, 6) is 3.30. The number of rotatable bonds is 2. The maximum absolute atomic E-state index is 2.64. The molecule has 0 nitrogen and oxygen atoms in total. The van der Waals surface area contributed by atoms with Gasteiger partial charge in [-0.1, -0.05) is 72.1 Å². The molecule has 0 aromatic carbocycles. The van der Waals surface area contributed by atoms with E-state index in [2.05, 4.69) is 32.5 Å². The van der Waals surface area contributed by atoms with Gasteiger partial charge in [0.2, 0.25) is 0 Å². The second kappa shape index (κ2) is 8.85. The van der Waals surface area contributed by atoms with Gasteiger partial charge in [0, 0.05) is 5.25 Å². The van der Waals surface area contributed by atoms with E-state index in [1.54, 1.807) is 0 Å². The summed E-state index contributed by atoms with van der Waals surface area (Å²) < 4.78 is 0. The molecule has 2 fully saturated rings. The minimum absolute atomic E-state index is 0.628. The lowest BCUT2D eigenvalue weighted by Crippen LogP contribution is -2.36. The molecule has 1 heterocycles. The highest BCUT2D eigenvalue weighted by molar-refractivity contribution is 8.00. The van der Waals surface area contributed by atoms with Crippen LogP contribution >= 0.6 is 11.8 Å². The molecule has 1 saturated carbocycles. The Labute approximate surface area is 138 Å². The number of hydrogen-bond donors (Lipinski definition) is 0. The van der Waals surface area contributed by atoms with Gasteiger partial charge < -0.3 is 0 Å². The van der Waals surface area contributed by atoms with E-state index in [9.17, 15) is 0 Å². The van der Waals surface area contributed by atoms with Crippen LogP contribution in [0.25, 0.3) is 0 Å². The summed E-state index contributed by atoms with van der Waals surface area (Å²) in [6.45, 7) is 7.53. The summed E-state index contributed by atoms with van der Waals surface area (Å²) in [4.78, 5) is 0. The van der Waals surface area contributed by atoms with Crippen molar-refractivity contribution in [3.05, 3.63) is 0 Å². The van der Waals surface area contributed by atoms with Gasteiger partial charge in [-0.3, -0.25) is 0 Å². The van der Waals surface area contributed by atoms with Gasteiger partial charge in [0.1, 0.15) is 0 Å². The predicted octanol–water partition coefficient (Wildman–Crippen LogP) is 7.08. The first kappa shape index (κ1) is 17.7. The van der Waals surface area contributed by atoms with E-state index in [1.165, 1.54) is 82.8 Å². The van der Waals surface area contributed by atoms with Gasteiger partial charge in [0.25, 0.3) is 0 Å². The molecule has 21 heavy (non-hydrogen) atoms. The standard InChI is InChI=1S/C20H38S/c1-17(2)18-12-15-21-19(16-18)20(3)13-10-8-6-4-5-7-9-11-14-20/h17-19H,4-16H2,1-3H3. The normalized spacial score (nSPS) is 32.6. The van der Waals surface area contributed by atoms with Crippen molar-refractivity contribution >= 4 is 11.8 Å². The average Bonchev–Trinajstić information content (AvgIpc) is 2.53. The molecular weight excluding hydrogens is 272 g/mol. The topological polar surface area (TPSA) is 0 Å². The smallest absolute Gasteiger partial charge is 0.0104 e. The third-order valence-corrected chi connectivity index (χ3v) is 7.93. The Hall–Kier alpha value is 0.350. The number of thioether (sulfide) groups is 1. The van der Waals surface area contributed by atoms with Crippen molar-refractivity contribution in [2.75, 3.05) is 5.75 Å². The highest BCUT2D eigenvalue weighted by Crippen LogP contribution is 2.48. The minimum atomic E-state index is 0.628. The zero-order valence-corrected chi connectivity index (χ0v) is 15.6. The number of hydrogen-bond acceptors (Lipinski definition) is 1. The molecule has 0 spiro atoms. The van der Waals surface area contributed by atoms with Gasteiger partial charge in [0.15, 0.2) is 0 Å². The van der Waals surface area contributed by atoms with Crippen molar-refractivity contribution < 1.29 is 0 Å². The van der Waals surface area contributed by atoms with E-state index in [1.807, 2.05) is 0 Å². The van der Waals surface area contributed by atoms with Gasteiger partial charge >= 0.3 is 0 Å². The Morgan fingerprint density at radius 2 is 1.38 bits per heavy atom. The maximum atomic E-state index is 2.64. The highest BCUT2D eigenvalue weighted by atomic mass is 32.2. The fourth-order valence-electron chi connectivity index (χ4n) is 4.48. The van der Waals surface area contributed by atoms with E-state index < -0.39 is 0 Å². The zero-order valence-electron chi connectivity index (χ0n) is 14.8. The highest BCUT2D eigenvalue weighted by Gasteiger charge is 2.37. The Morgan fingerprint density at radius 3 is 1.90 bits per heavy atom. The van der Waals surface area contributed by atoms with Crippen LogP contribution in [0.3, 0.4) is 0 Å². The lowest BCUT2D eigenvalue weighted by atomic mass is 9.72. The summed E-state index contributed by atoms with van der Waals surface area (Å²) in [6.07, 6.45) is 17.9. The van der Waals surface area contributed by atoms with E-state index in [0.29, 0.717) is 5.41 Å². The van der Waals surface area contributed by atoms with E-state index in [0.717, 1.165) is 17.1 Å². The molecule has 2 aliphatic rings. The van der Waals surface area contributed by atoms with Gasteiger partial charge in [0.05, 0.1) is 0 Å². The lowest BCUT2D eigenvalue weighted by Gasteiger charge is -2.43. The van der Waals surface area contributed by atoms with Crippen LogP contribution in [0.4, 0.5) is 0 Å². The molecule has 124 valence electrons.